The fourth-order valence-corrected chi connectivity index (χ4v) is 4.47. The van der Waals surface area contributed by atoms with E-state index in [0.717, 1.165) is 38.2 Å². The van der Waals surface area contributed by atoms with Crippen molar-refractivity contribution in [2.75, 3.05) is 24.5 Å². The molecule has 1 aliphatic carbocycles. The van der Waals surface area contributed by atoms with Crippen molar-refractivity contribution in [3.05, 3.63) is 18.1 Å². The minimum Gasteiger partial charge on any atom is -0.352 e. The minimum absolute atomic E-state index is 0.0214. The van der Waals surface area contributed by atoms with Crippen LogP contribution in [0, 0.1) is 0 Å². The van der Waals surface area contributed by atoms with Crippen molar-refractivity contribution in [1.82, 2.24) is 24.5 Å². The number of hydrogen-bond acceptors (Lipinski definition) is 5. The highest BCUT2D eigenvalue weighted by molar-refractivity contribution is 5.75. The third kappa shape index (κ3) is 3.10. The maximum atomic E-state index is 13.3. The molecule has 7 nitrogen and oxygen atoms in total. The van der Waals surface area contributed by atoms with Crippen molar-refractivity contribution >= 4 is 17.5 Å². The van der Waals surface area contributed by atoms with Crippen LogP contribution in [0.25, 0.3) is 5.78 Å². The van der Waals surface area contributed by atoms with Gasteiger partial charge in [-0.05, 0) is 12.8 Å². The van der Waals surface area contributed by atoms with E-state index in [1.165, 1.54) is 10.8 Å². The van der Waals surface area contributed by atoms with Crippen molar-refractivity contribution in [2.45, 2.75) is 50.7 Å². The van der Waals surface area contributed by atoms with Gasteiger partial charge in [0.05, 0.1) is 5.54 Å². The number of fused-ring (bicyclic) bond motifs is 1. The highest BCUT2D eigenvalue weighted by atomic mass is 19.4. The van der Waals surface area contributed by atoms with Gasteiger partial charge in [0.15, 0.2) is 5.69 Å². The highest BCUT2D eigenvalue weighted by Crippen LogP contribution is 2.39. The molecule has 2 fully saturated rings. The van der Waals surface area contributed by atoms with Crippen molar-refractivity contribution in [1.29, 1.82) is 0 Å². The van der Waals surface area contributed by atoms with Gasteiger partial charge in [-0.1, -0.05) is 19.3 Å². The number of amides is 1. The first kappa shape index (κ1) is 18.0. The Hall–Kier alpha value is -2.39. The Kier molecular flexibility index (Phi) is 4.23. The van der Waals surface area contributed by atoms with Gasteiger partial charge in [0.1, 0.15) is 12.1 Å². The Labute approximate surface area is 154 Å². The zero-order valence-corrected chi connectivity index (χ0v) is 15.0. The summed E-state index contributed by atoms with van der Waals surface area (Å²) in [5.41, 5.74) is -1.32. The van der Waals surface area contributed by atoms with Crippen LogP contribution in [0.4, 0.5) is 19.0 Å². The Morgan fingerprint density at radius 1 is 1.19 bits per heavy atom. The van der Waals surface area contributed by atoms with Crippen LogP contribution in [0.15, 0.2) is 12.4 Å². The first-order chi connectivity index (χ1) is 12.8. The van der Waals surface area contributed by atoms with E-state index in [4.69, 9.17) is 0 Å². The van der Waals surface area contributed by atoms with Crippen LogP contribution >= 0.6 is 0 Å². The molecule has 146 valence electrons. The number of carbonyl (C=O) groups is 1. The number of rotatable bonds is 1. The summed E-state index contributed by atoms with van der Waals surface area (Å²) < 4.78 is 41.2. The number of aromatic nitrogens is 4. The Balaban J connectivity index is 1.75. The molecule has 4 rings (SSSR count). The van der Waals surface area contributed by atoms with Gasteiger partial charge >= 0.3 is 6.18 Å². The molecular weight excluding hydrogens is 361 g/mol. The quantitative estimate of drug-likeness (QED) is 0.758. The van der Waals surface area contributed by atoms with Crippen LogP contribution in [0.3, 0.4) is 0 Å². The normalized spacial score (nSPS) is 20.4. The Morgan fingerprint density at radius 2 is 1.93 bits per heavy atom. The molecule has 1 aliphatic heterocycles. The lowest BCUT2D eigenvalue weighted by Crippen LogP contribution is -2.64. The third-order valence-corrected chi connectivity index (χ3v) is 5.66. The number of piperazine rings is 1. The van der Waals surface area contributed by atoms with Gasteiger partial charge in [-0.3, -0.25) is 4.79 Å². The molecular formula is C17H21F3N6O. The summed E-state index contributed by atoms with van der Waals surface area (Å²) >= 11 is 0. The molecule has 3 heterocycles. The molecule has 10 heteroatoms. The maximum Gasteiger partial charge on any atom is 0.433 e. The summed E-state index contributed by atoms with van der Waals surface area (Å²) in [6.07, 6.45) is 1.51. The largest absolute Gasteiger partial charge is 0.433 e. The Morgan fingerprint density at radius 3 is 2.59 bits per heavy atom. The number of anilines is 1. The molecule has 0 unspecified atom stereocenters. The predicted octanol–water partition coefficient (Wildman–Crippen LogP) is 2.51. The highest BCUT2D eigenvalue weighted by Gasteiger charge is 2.44. The van der Waals surface area contributed by atoms with Crippen LogP contribution in [-0.4, -0.2) is 55.6 Å². The van der Waals surface area contributed by atoms with Crippen molar-refractivity contribution < 1.29 is 18.0 Å². The van der Waals surface area contributed by atoms with Gasteiger partial charge in [-0.15, -0.1) is 0 Å². The second-order valence-electron chi connectivity index (χ2n) is 7.35. The molecule has 0 atom stereocenters. The van der Waals surface area contributed by atoms with Gasteiger partial charge in [-0.25, -0.2) is 4.98 Å². The predicted molar refractivity (Wildman–Crippen MR) is 91.2 cm³/mol. The van der Waals surface area contributed by atoms with Crippen LogP contribution in [-0.2, 0) is 11.0 Å². The summed E-state index contributed by atoms with van der Waals surface area (Å²) in [7, 11) is 0. The molecule has 0 radical (unpaired) electrons. The van der Waals surface area contributed by atoms with Gasteiger partial charge in [0.25, 0.3) is 5.78 Å². The SMILES string of the molecule is CC(=O)N1CCN(c2cc(C(F)(F)F)nc3ncnn23)CC12CCCCC2. The van der Waals surface area contributed by atoms with Crippen LogP contribution < -0.4 is 4.90 Å². The molecule has 2 aromatic rings. The van der Waals surface area contributed by atoms with Crippen molar-refractivity contribution in [3.63, 3.8) is 0 Å². The summed E-state index contributed by atoms with van der Waals surface area (Å²) in [5, 5.41) is 4.06. The number of nitrogens with zero attached hydrogens (tertiary/aromatic N) is 6. The van der Waals surface area contributed by atoms with E-state index in [9.17, 15) is 18.0 Å². The van der Waals surface area contributed by atoms with Crippen molar-refractivity contribution in [3.8, 4) is 0 Å². The smallest absolute Gasteiger partial charge is 0.352 e. The molecule has 1 saturated heterocycles. The molecule has 1 saturated carbocycles. The monoisotopic (exact) mass is 382 g/mol. The van der Waals surface area contributed by atoms with E-state index < -0.39 is 11.9 Å². The number of halogens is 3. The van der Waals surface area contributed by atoms with Gasteiger partial charge in [-0.2, -0.15) is 27.8 Å². The number of hydrogen-bond donors (Lipinski definition) is 0. The molecule has 27 heavy (non-hydrogen) atoms. The fraction of sp³-hybridized carbons (Fsp3) is 0.647. The lowest BCUT2D eigenvalue weighted by molar-refractivity contribution is -0.141. The molecule has 1 spiro atoms. The number of carbonyl (C=O) groups excluding carboxylic acids is 1. The second-order valence-corrected chi connectivity index (χ2v) is 7.35. The van der Waals surface area contributed by atoms with Gasteiger partial charge in [0.2, 0.25) is 5.91 Å². The summed E-state index contributed by atoms with van der Waals surface area (Å²) in [6, 6.07) is 1.03. The van der Waals surface area contributed by atoms with E-state index in [2.05, 4.69) is 15.1 Å². The van der Waals surface area contributed by atoms with E-state index >= 15 is 0 Å². The average Bonchev–Trinajstić information content (AvgIpc) is 3.09. The number of alkyl halides is 3. The van der Waals surface area contributed by atoms with E-state index in [1.807, 2.05) is 9.80 Å². The first-order valence-corrected chi connectivity index (χ1v) is 9.11. The van der Waals surface area contributed by atoms with Crippen molar-refractivity contribution in [2.24, 2.45) is 0 Å². The summed E-state index contributed by atoms with van der Waals surface area (Å²) in [4.78, 5) is 23.4. The van der Waals surface area contributed by atoms with E-state index in [1.54, 1.807) is 6.92 Å². The minimum atomic E-state index is -4.56. The fourth-order valence-electron chi connectivity index (χ4n) is 4.47. The maximum absolute atomic E-state index is 13.3. The third-order valence-electron chi connectivity index (χ3n) is 5.66. The van der Waals surface area contributed by atoms with Crippen LogP contribution in [0.2, 0.25) is 0 Å². The molecule has 1 amide bonds. The average molecular weight is 382 g/mol. The standard InChI is InChI=1S/C17H21F3N6O/c1-12(27)25-8-7-24(10-16(25)5-3-2-4-6-16)14-9-13(17(18,19)20)23-15-21-11-22-26(14)15/h9,11H,2-8,10H2,1H3. The Bertz CT molecular complexity index is 858. The van der Waals surface area contributed by atoms with Crippen LogP contribution in [0.1, 0.15) is 44.7 Å². The van der Waals surface area contributed by atoms with E-state index in [-0.39, 0.29) is 17.2 Å². The topological polar surface area (TPSA) is 66.6 Å². The van der Waals surface area contributed by atoms with Gasteiger partial charge in [0, 0.05) is 32.6 Å². The molecule has 0 N–H and O–H groups in total. The lowest BCUT2D eigenvalue weighted by atomic mass is 9.78. The molecule has 0 bridgehead atoms. The summed E-state index contributed by atoms with van der Waals surface area (Å²) in [6.45, 7) is 2.98. The van der Waals surface area contributed by atoms with Crippen LogP contribution in [0.5, 0.6) is 0 Å². The zero-order chi connectivity index (χ0) is 19.2. The molecule has 2 aliphatic rings. The van der Waals surface area contributed by atoms with E-state index in [0.29, 0.717) is 25.5 Å². The molecule has 2 aromatic heterocycles. The lowest BCUT2D eigenvalue weighted by Gasteiger charge is -2.53. The second kappa shape index (κ2) is 6.35. The first-order valence-electron chi connectivity index (χ1n) is 9.11. The zero-order valence-electron chi connectivity index (χ0n) is 15.0. The molecule has 0 aromatic carbocycles. The van der Waals surface area contributed by atoms with Gasteiger partial charge < -0.3 is 9.80 Å². The summed E-state index contributed by atoms with van der Waals surface area (Å²) in [5.74, 6) is 0.262.